The normalized spacial score (nSPS) is 22.5. The van der Waals surface area contributed by atoms with Crippen molar-refractivity contribution in [2.75, 3.05) is 11.9 Å². The van der Waals surface area contributed by atoms with Crippen molar-refractivity contribution in [1.29, 1.82) is 0 Å². The Kier molecular flexibility index (Phi) is 4.12. The van der Waals surface area contributed by atoms with E-state index in [0.717, 1.165) is 16.8 Å². The molecular formula is C21H21N5O4. The average Bonchev–Trinajstić information content (AvgIpc) is 3.49. The van der Waals surface area contributed by atoms with E-state index >= 15 is 0 Å². The summed E-state index contributed by atoms with van der Waals surface area (Å²) in [7, 11) is 1.81. The number of para-hydroxylation sites is 1. The van der Waals surface area contributed by atoms with E-state index in [1.54, 1.807) is 15.8 Å². The molecule has 9 heteroatoms. The number of benzene rings is 1. The van der Waals surface area contributed by atoms with Gasteiger partial charge in [-0.2, -0.15) is 10.3 Å². The molecule has 0 unspecified atom stereocenters. The molecule has 154 valence electrons. The molecule has 0 aliphatic carbocycles. The van der Waals surface area contributed by atoms with E-state index in [1.165, 1.54) is 6.07 Å². The van der Waals surface area contributed by atoms with Gasteiger partial charge in [-0.25, -0.2) is 0 Å². The molecule has 2 aliphatic rings. The number of nitrogens with one attached hydrogen (secondary N) is 2. The van der Waals surface area contributed by atoms with Gasteiger partial charge in [-0.3, -0.25) is 19.1 Å². The van der Waals surface area contributed by atoms with Crippen LogP contribution in [0.4, 0.5) is 5.69 Å². The summed E-state index contributed by atoms with van der Waals surface area (Å²) in [4.78, 5) is 39.5. The van der Waals surface area contributed by atoms with Crippen LogP contribution in [0.15, 0.2) is 52.0 Å². The molecule has 5 rings (SSSR count). The largest absolute Gasteiger partial charge is 0.384 e. The van der Waals surface area contributed by atoms with Crippen LogP contribution >= 0.6 is 0 Å². The van der Waals surface area contributed by atoms with Crippen molar-refractivity contribution in [1.82, 2.24) is 19.8 Å². The van der Waals surface area contributed by atoms with Gasteiger partial charge in [0, 0.05) is 49.9 Å². The van der Waals surface area contributed by atoms with Crippen LogP contribution in [-0.4, -0.2) is 38.2 Å². The highest BCUT2D eigenvalue weighted by molar-refractivity contribution is 6.07. The Hall–Kier alpha value is -3.62. The van der Waals surface area contributed by atoms with Gasteiger partial charge < -0.3 is 14.7 Å². The Morgan fingerprint density at radius 1 is 1.33 bits per heavy atom. The third-order valence-corrected chi connectivity index (χ3v) is 6.11. The zero-order valence-electron chi connectivity index (χ0n) is 16.4. The maximum Gasteiger partial charge on any atom is 0.280 e. The van der Waals surface area contributed by atoms with Gasteiger partial charge in [-0.15, -0.1) is 0 Å². The molecule has 2 atom stereocenters. The van der Waals surface area contributed by atoms with Crippen molar-refractivity contribution in [2.24, 2.45) is 7.05 Å². The van der Waals surface area contributed by atoms with Gasteiger partial charge >= 0.3 is 0 Å². The second kappa shape index (κ2) is 6.72. The van der Waals surface area contributed by atoms with Gasteiger partial charge in [0.2, 0.25) is 11.8 Å². The molecule has 0 radical (unpaired) electrons. The molecule has 1 spiro atoms. The first kappa shape index (κ1) is 18.4. The van der Waals surface area contributed by atoms with Crippen LogP contribution < -0.4 is 10.9 Å². The van der Waals surface area contributed by atoms with Crippen LogP contribution in [-0.2, 0) is 28.5 Å². The molecule has 2 aliphatic heterocycles. The van der Waals surface area contributed by atoms with Gasteiger partial charge in [-0.1, -0.05) is 18.2 Å². The highest BCUT2D eigenvalue weighted by Gasteiger charge is 2.59. The van der Waals surface area contributed by atoms with E-state index in [9.17, 15) is 14.4 Å². The molecule has 2 N–H and O–H groups in total. The fraction of sp³-hybridized carbons (Fsp3) is 0.333. The minimum absolute atomic E-state index is 0.0931. The summed E-state index contributed by atoms with van der Waals surface area (Å²) in [5.41, 5.74) is 1.35. The lowest BCUT2D eigenvalue weighted by molar-refractivity contribution is -0.133. The number of H-pyrrole nitrogens is 1. The number of hydrogen-bond donors (Lipinski definition) is 2. The van der Waals surface area contributed by atoms with Crippen molar-refractivity contribution in [3.63, 3.8) is 0 Å². The number of anilines is 1. The van der Waals surface area contributed by atoms with Gasteiger partial charge in [0.15, 0.2) is 0 Å². The van der Waals surface area contributed by atoms with Crippen LogP contribution in [0.5, 0.6) is 0 Å². The van der Waals surface area contributed by atoms with Gasteiger partial charge in [0.1, 0.15) is 11.2 Å². The Bertz CT molecular complexity index is 1190. The standard InChI is InChI=1S/C21H21N5O4/c1-25-12-13(11-22-25)19-21(15-4-2-3-5-16(15)23-20(21)29)8-9-26(19)18(28)7-6-14-10-17(27)24-30-14/h2-5,10-12,19H,6-9H2,1H3,(H,23,29)(H,24,27)/t19-,21+/m0/s1. The first-order valence-electron chi connectivity index (χ1n) is 9.85. The molecule has 9 nitrogen and oxygen atoms in total. The minimum atomic E-state index is -0.851. The Labute approximate surface area is 171 Å². The first-order valence-corrected chi connectivity index (χ1v) is 9.85. The van der Waals surface area contributed by atoms with Crippen LogP contribution in [0, 0.1) is 0 Å². The van der Waals surface area contributed by atoms with Crippen LogP contribution in [0.2, 0.25) is 0 Å². The van der Waals surface area contributed by atoms with Gasteiger partial charge in [-0.05, 0) is 18.1 Å². The fourth-order valence-electron chi connectivity index (χ4n) is 4.82. The Morgan fingerprint density at radius 3 is 2.90 bits per heavy atom. The highest BCUT2D eigenvalue weighted by atomic mass is 16.5. The van der Waals surface area contributed by atoms with E-state index in [0.29, 0.717) is 25.1 Å². The van der Waals surface area contributed by atoms with E-state index in [1.807, 2.05) is 37.5 Å². The maximum absolute atomic E-state index is 13.3. The third-order valence-electron chi connectivity index (χ3n) is 6.11. The average molecular weight is 407 g/mol. The summed E-state index contributed by atoms with van der Waals surface area (Å²) in [5.74, 6) is 0.246. The predicted octanol–water partition coefficient (Wildman–Crippen LogP) is 1.50. The molecule has 1 fully saturated rings. The SMILES string of the molecule is Cn1cc([C@@H]2N(C(=O)CCc3cc(=O)[nH]o3)CC[C@]23C(=O)Nc2ccccc23)cn1. The summed E-state index contributed by atoms with van der Waals surface area (Å²) in [5, 5.41) is 9.52. The number of likely N-dealkylation sites (tertiary alicyclic amines) is 1. The molecule has 0 bridgehead atoms. The minimum Gasteiger partial charge on any atom is -0.384 e. The maximum atomic E-state index is 13.3. The second-order valence-electron chi connectivity index (χ2n) is 7.84. The van der Waals surface area contributed by atoms with Crippen molar-refractivity contribution in [2.45, 2.75) is 30.7 Å². The molecule has 1 saturated heterocycles. The topological polar surface area (TPSA) is 113 Å². The van der Waals surface area contributed by atoms with Gasteiger partial charge in [0.05, 0.1) is 12.2 Å². The molecule has 3 aromatic rings. The number of aryl methyl sites for hydroxylation is 2. The molecule has 30 heavy (non-hydrogen) atoms. The van der Waals surface area contributed by atoms with Crippen molar-refractivity contribution < 1.29 is 14.1 Å². The number of carbonyl (C=O) groups is 2. The van der Waals surface area contributed by atoms with Crippen LogP contribution in [0.1, 0.15) is 35.8 Å². The first-order chi connectivity index (χ1) is 14.5. The van der Waals surface area contributed by atoms with Crippen molar-refractivity contribution in [3.05, 3.63) is 70.0 Å². The van der Waals surface area contributed by atoms with E-state index in [4.69, 9.17) is 4.52 Å². The number of amides is 2. The predicted molar refractivity (Wildman–Crippen MR) is 107 cm³/mol. The lowest BCUT2D eigenvalue weighted by Crippen LogP contribution is -2.42. The van der Waals surface area contributed by atoms with Crippen LogP contribution in [0.3, 0.4) is 0 Å². The number of nitrogens with zero attached hydrogens (tertiary/aromatic N) is 3. The van der Waals surface area contributed by atoms with E-state index in [2.05, 4.69) is 15.6 Å². The number of rotatable bonds is 4. The molecule has 1 aromatic carbocycles. The third kappa shape index (κ3) is 2.69. The molecule has 2 aromatic heterocycles. The number of carbonyl (C=O) groups excluding carboxylic acids is 2. The number of aromatic amines is 1. The van der Waals surface area contributed by atoms with Gasteiger partial charge in [0.25, 0.3) is 5.56 Å². The number of fused-ring (bicyclic) bond motifs is 2. The summed E-state index contributed by atoms with van der Waals surface area (Å²) in [6.45, 7) is 0.456. The molecule has 0 saturated carbocycles. The van der Waals surface area contributed by atoms with Crippen molar-refractivity contribution >= 4 is 17.5 Å². The zero-order valence-corrected chi connectivity index (χ0v) is 16.4. The number of hydrogen-bond acceptors (Lipinski definition) is 5. The summed E-state index contributed by atoms with van der Waals surface area (Å²) in [6.07, 6.45) is 4.59. The molecule has 2 amide bonds. The monoisotopic (exact) mass is 407 g/mol. The molecule has 4 heterocycles. The van der Waals surface area contributed by atoms with Crippen molar-refractivity contribution in [3.8, 4) is 0 Å². The van der Waals surface area contributed by atoms with E-state index < -0.39 is 11.5 Å². The lowest BCUT2D eigenvalue weighted by Gasteiger charge is -2.33. The Balaban J connectivity index is 1.52. The lowest BCUT2D eigenvalue weighted by atomic mass is 9.73. The van der Waals surface area contributed by atoms with Crippen LogP contribution in [0.25, 0.3) is 0 Å². The zero-order chi connectivity index (χ0) is 20.9. The second-order valence-corrected chi connectivity index (χ2v) is 7.84. The fourth-order valence-corrected chi connectivity index (χ4v) is 4.82. The highest BCUT2D eigenvalue weighted by Crippen LogP contribution is 2.54. The quantitative estimate of drug-likeness (QED) is 0.680. The summed E-state index contributed by atoms with van der Waals surface area (Å²) in [6, 6.07) is 8.54. The summed E-state index contributed by atoms with van der Waals surface area (Å²) < 4.78 is 6.74. The molecular weight excluding hydrogens is 386 g/mol. The smallest absolute Gasteiger partial charge is 0.280 e. The number of aromatic nitrogens is 3. The van der Waals surface area contributed by atoms with E-state index in [-0.39, 0.29) is 23.8 Å². The summed E-state index contributed by atoms with van der Waals surface area (Å²) >= 11 is 0. The Morgan fingerprint density at radius 2 is 2.17 bits per heavy atom.